The highest BCUT2D eigenvalue weighted by molar-refractivity contribution is 6.01. The van der Waals surface area contributed by atoms with Gasteiger partial charge in [-0.1, -0.05) is 19.3 Å². The normalized spacial score (nSPS) is 14.3. The second-order valence-electron chi connectivity index (χ2n) is 4.43. The van der Waals surface area contributed by atoms with Gasteiger partial charge in [0.25, 0.3) is 11.8 Å². The van der Waals surface area contributed by atoms with E-state index in [0.717, 1.165) is 25.7 Å². The Balaban J connectivity index is 0.00000361. The molecule has 0 aromatic rings. The molecule has 20 heavy (non-hydrogen) atoms. The first kappa shape index (κ1) is 18.8. The maximum Gasteiger partial charge on any atom is 0.333 e. The van der Waals surface area contributed by atoms with Gasteiger partial charge in [-0.05, 0) is 12.8 Å². The minimum absolute atomic E-state index is 0. The van der Waals surface area contributed by atoms with Crippen LogP contribution in [0.1, 0.15) is 51.4 Å². The summed E-state index contributed by atoms with van der Waals surface area (Å²) in [7, 11) is 0. The van der Waals surface area contributed by atoms with Gasteiger partial charge in [0, 0.05) is 19.3 Å². The van der Waals surface area contributed by atoms with E-state index >= 15 is 0 Å². The lowest BCUT2D eigenvalue weighted by atomic mass is 10.1. The fraction of sp³-hybridized carbons (Fsp3) is 0.750. The number of amides is 2. The number of imide groups is 1. The summed E-state index contributed by atoms with van der Waals surface area (Å²) >= 11 is 0. The number of unbranched alkanes of at least 4 members (excludes halogenated alkanes) is 4. The summed E-state index contributed by atoms with van der Waals surface area (Å²) in [6.45, 7) is 0.543. The summed E-state index contributed by atoms with van der Waals surface area (Å²) in [5.41, 5.74) is 0. The van der Waals surface area contributed by atoms with Crippen molar-refractivity contribution in [2.75, 3.05) is 6.61 Å². The van der Waals surface area contributed by atoms with Crippen LogP contribution in [0.3, 0.4) is 0 Å². The van der Waals surface area contributed by atoms with E-state index in [1.54, 1.807) is 0 Å². The van der Waals surface area contributed by atoms with E-state index in [1.807, 2.05) is 0 Å². The lowest BCUT2D eigenvalue weighted by Gasteiger charge is -2.12. The maximum absolute atomic E-state index is 11.4. The van der Waals surface area contributed by atoms with Crippen molar-refractivity contribution in [3.8, 4) is 0 Å². The average Bonchev–Trinajstić information content (AvgIpc) is 2.69. The molecule has 8 heteroatoms. The van der Waals surface area contributed by atoms with Crippen molar-refractivity contribution >= 4 is 30.2 Å². The van der Waals surface area contributed by atoms with Gasteiger partial charge in [-0.25, -0.2) is 10.7 Å². The predicted molar refractivity (Wildman–Crippen MR) is 72.3 cm³/mol. The molecule has 116 valence electrons. The van der Waals surface area contributed by atoms with E-state index in [9.17, 15) is 14.4 Å². The van der Waals surface area contributed by atoms with Crippen molar-refractivity contribution in [3.63, 3.8) is 0 Å². The lowest BCUT2D eigenvalue weighted by molar-refractivity contribution is -0.197. The largest absolute Gasteiger partial charge is 0.333 e. The molecule has 0 aromatic heterocycles. The van der Waals surface area contributed by atoms with Gasteiger partial charge in [-0.2, -0.15) is 0 Å². The molecule has 0 radical (unpaired) electrons. The predicted octanol–water partition coefficient (Wildman–Crippen LogP) is 1.25. The first-order valence-corrected chi connectivity index (χ1v) is 6.53. The number of rotatable bonds is 9. The number of hydrogen-bond donors (Lipinski definition) is 1. The zero-order valence-electron chi connectivity index (χ0n) is 11.3. The first-order valence-electron chi connectivity index (χ1n) is 6.53. The molecular formula is C12H21ClN2O5. The summed E-state index contributed by atoms with van der Waals surface area (Å²) in [5, 5.41) is 0.584. The van der Waals surface area contributed by atoms with Crippen molar-refractivity contribution in [2.45, 2.75) is 51.4 Å². The van der Waals surface area contributed by atoms with Crippen LogP contribution < -0.4 is 5.90 Å². The van der Waals surface area contributed by atoms with Gasteiger partial charge in [-0.15, -0.1) is 17.5 Å². The highest BCUT2D eigenvalue weighted by Gasteiger charge is 2.32. The van der Waals surface area contributed by atoms with Crippen LogP contribution >= 0.6 is 12.4 Å². The zero-order valence-corrected chi connectivity index (χ0v) is 12.2. The number of carbonyl (C=O) groups excluding carboxylic acids is 3. The number of hydroxylamine groups is 2. The summed E-state index contributed by atoms with van der Waals surface area (Å²) in [6, 6.07) is 0. The van der Waals surface area contributed by atoms with Crippen LogP contribution in [0.2, 0.25) is 0 Å². The van der Waals surface area contributed by atoms with Crippen LogP contribution in [0, 0.1) is 0 Å². The van der Waals surface area contributed by atoms with Crippen molar-refractivity contribution in [3.05, 3.63) is 0 Å². The molecule has 1 aliphatic heterocycles. The molecule has 0 atom stereocenters. The number of nitrogens with two attached hydrogens (primary N) is 1. The third-order valence-electron chi connectivity index (χ3n) is 2.84. The second kappa shape index (κ2) is 10.6. The molecule has 0 bridgehead atoms. The average molecular weight is 309 g/mol. The van der Waals surface area contributed by atoms with Gasteiger partial charge >= 0.3 is 5.97 Å². The van der Waals surface area contributed by atoms with E-state index in [0.29, 0.717) is 18.1 Å². The topological polar surface area (TPSA) is 98.9 Å². The number of carbonyl (C=O) groups is 3. The quantitative estimate of drug-likeness (QED) is 0.391. The molecule has 7 nitrogen and oxygen atoms in total. The number of hydrogen-bond acceptors (Lipinski definition) is 6. The van der Waals surface area contributed by atoms with E-state index in [2.05, 4.69) is 4.84 Å². The van der Waals surface area contributed by atoms with Gasteiger partial charge in [0.1, 0.15) is 0 Å². The fourth-order valence-electron chi connectivity index (χ4n) is 1.79. The van der Waals surface area contributed by atoms with Crippen LogP contribution in [0.25, 0.3) is 0 Å². The molecule has 0 unspecified atom stereocenters. The highest BCUT2D eigenvalue weighted by Crippen LogP contribution is 2.13. The zero-order chi connectivity index (χ0) is 14.1. The Morgan fingerprint density at radius 3 is 2.20 bits per heavy atom. The van der Waals surface area contributed by atoms with E-state index < -0.39 is 17.8 Å². The van der Waals surface area contributed by atoms with Crippen LogP contribution in [-0.2, 0) is 24.1 Å². The van der Waals surface area contributed by atoms with Gasteiger partial charge in [-0.3, -0.25) is 9.59 Å². The summed E-state index contributed by atoms with van der Waals surface area (Å²) in [4.78, 5) is 43.0. The van der Waals surface area contributed by atoms with Crippen molar-refractivity contribution < 1.29 is 24.1 Å². The minimum Gasteiger partial charge on any atom is -0.330 e. The Morgan fingerprint density at radius 2 is 1.60 bits per heavy atom. The number of halogens is 1. The first-order chi connectivity index (χ1) is 9.15. The van der Waals surface area contributed by atoms with Gasteiger partial charge in [0.2, 0.25) is 0 Å². The van der Waals surface area contributed by atoms with Gasteiger partial charge < -0.3 is 9.68 Å². The molecule has 1 saturated heterocycles. The van der Waals surface area contributed by atoms with E-state index in [4.69, 9.17) is 10.7 Å². The summed E-state index contributed by atoms with van der Waals surface area (Å²) < 4.78 is 0. The SMILES string of the molecule is Cl.NOCCCCCCCC(=O)ON1C(=O)CCC1=O. The monoisotopic (exact) mass is 308 g/mol. The Kier molecular flexibility index (Phi) is 9.96. The highest BCUT2D eigenvalue weighted by atomic mass is 35.5. The van der Waals surface area contributed by atoms with Crippen molar-refractivity contribution in [1.29, 1.82) is 0 Å². The molecule has 1 heterocycles. The standard InChI is InChI=1S/C12H20N2O5.ClH/c13-18-9-5-3-1-2-4-6-12(17)19-14-10(15)7-8-11(14)16;/h1-9,13H2;1H. The molecule has 1 rings (SSSR count). The van der Waals surface area contributed by atoms with Crippen molar-refractivity contribution in [2.24, 2.45) is 5.90 Å². The molecule has 1 aliphatic rings. The molecular weight excluding hydrogens is 288 g/mol. The van der Waals surface area contributed by atoms with Crippen LogP contribution in [0.5, 0.6) is 0 Å². The van der Waals surface area contributed by atoms with Gasteiger partial charge in [0.15, 0.2) is 0 Å². The fourth-order valence-corrected chi connectivity index (χ4v) is 1.79. The lowest BCUT2D eigenvalue weighted by Crippen LogP contribution is -2.31. The number of nitrogens with zero attached hydrogens (tertiary/aromatic N) is 1. The molecule has 0 saturated carbocycles. The van der Waals surface area contributed by atoms with Crippen LogP contribution in [0.4, 0.5) is 0 Å². The van der Waals surface area contributed by atoms with Crippen molar-refractivity contribution in [1.82, 2.24) is 5.06 Å². The van der Waals surface area contributed by atoms with Crippen LogP contribution in [-0.4, -0.2) is 29.5 Å². The molecule has 0 aliphatic carbocycles. The molecule has 2 N–H and O–H groups in total. The molecule has 2 amide bonds. The maximum atomic E-state index is 11.4. The summed E-state index contributed by atoms with van der Waals surface area (Å²) in [5.74, 6) is 3.47. The van der Waals surface area contributed by atoms with Gasteiger partial charge in [0.05, 0.1) is 6.61 Å². The van der Waals surface area contributed by atoms with E-state index in [-0.39, 0.29) is 31.7 Å². The minimum atomic E-state index is -0.533. The second-order valence-corrected chi connectivity index (χ2v) is 4.43. The third kappa shape index (κ3) is 6.83. The molecule has 0 spiro atoms. The van der Waals surface area contributed by atoms with Crippen LogP contribution in [0.15, 0.2) is 0 Å². The molecule has 1 fully saturated rings. The third-order valence-corrected chi connectivity index (χ3v) is 2.84. The Bertz CT molecular complexity index is 322. The molecule has 0 aromatic carbocycles. The van der Waals surface area contributed by atoms with E-state index in [1.165, 1.54) is 0 Å². The Hall–Kier alpha value is -1.18. The Morgan fingerprint density at radius 1 is 1.05 bits per heavy atom. The summed E-state index contributed by atoms with van der Waals surface area (Å²) in [6.07, 6.45) is 4.90. The Labute approximate surface area is 124 Å². The smallest absolute Gasteiger partial charge is 0.330 e.